The van der Waals surface area contributed by atoms with Crippen LogP contribution in [0.3, 0.4) is 0 Å². The Kier molecular flexibility index (Phi) is 11.6. The molecule has 9 rings (SSSR count). The molecule has 5 aliphatic carbocycles. The number of benzene rings is 2. The van der Waals surface area contributed by atoms with Gasteiger partial charge in [0.2, 0.25) is 0 Å². The Balaban J connectivity index is 0.915. The highest BCUT2D eigenvalue weighted by Crippen LogP contribution is 2.76. The van der Waals surface area contributed by atoms with Crippen molar-refractivity contribution in [3.63, 3.8) is 0 Å². The molecule has 4 saturated carbocycles. The van der Waals surface area contributed by atoms with Gasteiger partial charge in [-0.15, -0.1) is 10.2 Å². The minimum absolute atomic E-state index is 0.0366. The number of ether oxygens (including phenoxy) is 2. The zero-order valence-corrected chi connectivity index (χ0v) is 40.6. The third-order valence-corrected chi connectivity index (χ3v) is 19.1. The number of hydrogen-bond donors (Lipinski definition) is 1. The number of aliphatic hydroxyl groups excluding tert-OH is 1. The fourth-order valence-electron chi connectivity index (χ4n) is 13.8. The van der Waals surface area contributed by atoms with Crippen molar-refractivity contribution in [1.82, 2.24) is 30.0 Å². The van der Waals surface area contributed by atoms with Gasteiger partial charge in [0.1, 0.15) is 18.0 Å². The van der Waals surface area contributed by atoms with Crippen LogP contribution in [0.5, 0.6) is 0 Å². The summed E-state index contributed by atoms with van der Waals surface area (Å²) in [6.07, 6.45) is 15.7. The number of aliphatic hydroxyl groups is 1. The standard InChI is InChI=1S/C50H64Br2N6O4/c1-45(2)21-23-50(44(60)62-31-36-29-58(56-54-36)27-34-12-8-10-14-40(34)52)24-22-48(5)37(38(50)25-45)15-16-42-46(3)19-18-43(59)47(4,41(46)17-20-49(42,48)6)32-61-30-35-28-57(55-53-35)26-33-11-7-9-13-39(33)51/h7-15,28-29,38,41-43,59H,16-27,30-32H2,1-6H3/t38-,41+,42+,43-,46-,47-,48+,49+,50-/m0/s1. The molecule has 2 aromatic heterocycles. The van der Waals surface area contributed by atoms with E-state index >= 15 is 0 Å². The van der Waals surface area contributed by atoms with Gasteiger partial charge in [-0.1, -0.05) is 132 Å². The van der Waals surface area contributed by atoms with Gasteiger partial charge >= 0.3 is 5.97 Å². The van der Waals surface area contributed by atoms with E-state index in [9.17, 15) is 9.90 Å². The summed E-state index contributed by atoms with van der Waals surface area (Å²) in [5.41, 5.74) is 4.51. The van der Waals surface area contributed by atoms with Gasteiger partial charge < -0.3 is 14.6 Å². The van der Waals surface area contributed by atoms with E-state index in [4.69, 9.17) is 9.47 Å². The van der Waals surface area contributed by atoms with E-state index in [1.54, 1.807) is 0 Å². The summed E-state index contributed by atoms with van der Waals surface area (Å²) in [7, 11) is 0. The Bertz CT molecular complexity index is 2340. The van der Waals surface area contributed by atoms with E-state index in [1.165, 1.54) is 5.57 Å². The Hall–Kier alpha value is -3.19. The second-order valence-electron chi connectivity index (χ2n) is 21.5. The summed E-state index contributed by atoms with van der Waals surface area (Å²) in [5, 5.41) is 29.4. The first-order chi connectivity index (χ1) is 29.5. The smallest absolute Gasteiger partial charge is 0.313 e. The molecule has 0 unspecified atom stereocenters. The summed E-state index contributed by atoms with van der Waals surface area (Å²) in [6.45, 7) is 16.9. The number of fused-ring (bicyclic) bond motifs is 7. The molecule has 62 heavy (non-hydrogen) atoms. The van der Waals surface area contributed by atoms with Crippen molar-refractivity contribution in [2.75, 3.05) is 6.61 Å². The number of aromatic nitrogens is 6. The predicted octanol–water partition coefficient (Wildman–Crippen LogP) is 10.9. The lowest BCUT2D eigenvalue weighted by Crippen LogP contribution is -2.66. The van der Waals surface area contributed by atoms with Gasteiger partial charge in [-0.2, -0.15) is 0 Å². The highest BCUT2D eigenvalue weighted by atomic mass is 79.9. The highest BCUT2D eigenvalue weighted by molar-refractivity contribution is 9.10. The summed E-state index contributed by atoms with van der Waals surface area (Å²) in [4.78, 5) is 14.7. The van der Waals surface area contributed by atoms with Gasteiger partial charge in [0.15, 0.2) is 0 Å². The van der Waals surface area contributed by atoms with Crippen molar-refractivity contribution >= 4 is 37.8 Å². The van der Waals surface area contributed by atoms with Crippen molar-refractivity contribution in [3.8, 4) is 0 Å². The molecule has 0 bridgehead atoms. The van der Waals surface area contributed by atoms with Crippen LogP contribution in [-0.2, 0) is 40.6 Å². The zero-order valence-electron chi connectivity index (χ0n) is 37.4. The fraction of sp³-hybridized carbons (Fsp3) is 0.620. The largest absolute Gasteiger partial charge is 0.459 e. The monoisotopic (exact) mass is 970 g/mol. The number of allylic oxidation sites excluding steroid dienone is 2. The Morgan fingerprint density at radius 1 is 0.774 bits per heavy atom. The van der Waals surface area contributed by atoms with E-state index in [-0.39, 0.29) is 45.6 Å². The molecule has 1 N–H and O–H groups in total. The SMILES string of the molecule is CC1(C)CC[C@]2(C(=O)OCc3cn(Cc4ccccc4Br)nn3)CC[C@]3(C)C(=CC[C@@H]4[C@@]5(C)CC[C@H](O)[C@@](C)(COCc6cn(Cc7ccccc7Br)nn6)[C@@H]5CC[C@]43C)[C@@H]2C1. The van der Waals surface area contributed by atoms with E-state index in [0.29, 0.717) is 43.8 Å². The van der Waals surface area contributed by atoms with E-state index in [1.807, 2.05) is 58.2 Å². The molecule has 12 heteroatoms. The molecule has 0 saturated heterocycles. The number of carbonyl (C=O) groups is 1. The zero-order chi connectivity index (χ0) is 43.7. The number of esters is 1. The number of nitrogens with zero attached hydrogens (tertiary/aromatic N) is 6. The Labute approximate surface area is 384 Å². The van der Waals surface area contributed by atoms with Gasteiger partial charge in [-0.3, -0.25) is 4.79 Å². The molecule has 10 nitrogen and oxygen atoms in total. The molecular weight excluding hydrogens is 908 g/mol. The van der Waals surface area contributed by atoms with Crippen LogP contribution < -0.4 is 0 Å². The molecular formula is C50H64Br2N6O4. The van der Waals surface area contributed by atoms with Crippen molar-refractivity contribution in [1.29, 1.82) is 0 Å². The first-order valence-corrected chi connectivity index (χ1v) is 24.5. The molecule has 2 heterocycles. The highest BCUT2D eigenvalue weighted by Gasteiger charge is 2.70. The predicted molar refractivity (Wildman–Crippen MR) is 245 cm³/mol. The van der Waals surface area contributed by atoms with Crippen molar-refractivity contribution in [3.05, 3.63) is 104 Å². The van der Waals surface area contributed by atoms with Crippen LogP contribution in [0, 0.1) is 50.2 Å². The molecule has 0 radical (unpaired) electrons. The Morgan fingerprint density at radius 2 is 1.39 bits per heavy atom. The molecule has 9 atom stereocenters. The molecule has 2 aromatic carbocycles. The van der Waals surface area contributed by atoms with Crippen LogP contribution in [0.4, 0.5) is 0 Å². The van der Waals surface area contributed by atoms with Gasteiger partial charge in [0.25, 0.3) is 0 Å². The average molecular weight is 973 g/mol. The number of rotatable bonds is 11. The number of halogens is 2. The number of carbonyl (C=O) groups excluding carboxylic acids is 1. The molecule has 332 valence electrons. The Morgan fingerprint density at radius 3 is 2.03 bits per heavy atom. The average Bonchev–Trinajstić information content (AvgIpc) is 3.89. The van der Waals surface area contributed by atoms with Crippen LogP contribution in [0.15, 0.2) is 81.5 Å². The van der Waals surface area contributed by atoms with Gasteiger partial charge in [0.05, 0.1) is 50.2 Å². The summed E-state index contributed by atoms with van der Waals surface area (Å²) >= 11 is 7.28. The van der Waals surface area contributed by atoms with E-state index < -0.39 is 11.5 Å². The molecule has 0 aliphatic heterocycles. The maximum absolute atomic E-state index is 14.7. The van der Waals surface area contributed by atoms with E-state index in [2.05, 4.69) is 112 Å². The van der Waals surface area contributed by atoms with Crippen molar-refractivity contribution in [2.24, 2.45) is 50.2 Å². The third-order valence-electron chi connectivity index (χ3n) is 17.6. The van der Waals surface area contributed by atoms with Crippen LogP contribution >= 0.6 is 31.9 Å². The van der Waals surface area contributed by atoms with Crippen LogP contribution in [0.1, 0.15) is 128 Å². The second-order valence-corrected chi connectivity index (χ2v) is 23.2. The van der Waals surface area contributed by atoms with Crippen molar-refractivity contribution in [2.45, 2.75) is 138 Å². The third kappa shape index (κ3) is 7.48. The van der Waals surface area contributed by atoms with Crippen LogP contribution in [0.2, 0.25) is 0 Å². The normalized spacial score (nSPS) is 34.9. The van der Waals surface area contributed by atoms with E-state index in [0.717, 1.165) is 90.0 Å². The lowest BCUT2D eigenvalue weighted by atomic mass is 9.33. The first kappa shape index (κ1) is 44.0. The molecule has 5 aliphatic rings. The number of hydrogen-bond acceptors (Lipinski definition) is 8. The van der Waals surface area contributed by atoms with Gasteiger partial charge in [-0.25, -0.2) is 9.36 Å². The summed E-state index contributed by atoms with van der Waals surface area (Å²) in [5.74, 6) is 0.862. The van der Waals surface area contributed by atoms with Crippen LogP contribution in [-0.4, -0.2) is 53.8 Å². The van der Waals surface area contributed by atoms with Crippen molar-refractivity contribution < 1.29 is 19.4 Å². The summed E-state index contributed by atoms with van der Waals surface area (Å²) in [6, 6.07) is 16.3. The molecule has 0 spiro atoms. The molecule has 4 aromatic rings. The van der Waals surface area contributed by atoms with Crippen LogP contribution in [0.25, 0.3) is 0 Å². The summed E-state index contributed by atoms with van der Waals surface area (Å²) < 4.78 is 18.6. The fourth-order valence-corrected chi connectivity index (χ4v) is 14.7. The molecule has 4 fully saturated rings. The lowest BCUT2D eigenvalue weighted by molar-refractivity contribution is -0.221. The maximum Gasteiger partial charge on any atom is 0.313 e. The second kappa shape index (κ2) is 16.4. The minimum atomic E-state index is -0.537. The topological polar surface area (TPSA) is 117 Å². The minimum Gasteiger partial charge on any atom is -0.459 e. The molecule has 0 amide bonds. The maximum atomic E-state index is 14.7. The quantitative estimate of drug-likeness (QED) is 0.117. The lowest BCUT2D eigenvalue weighted by Gasteiger charge is -2.71. The first-order valence-electron chi connectivity index (χ1n) is 22.9. The van der Waals surface area contributed by atoms with Gasteiger partial charge in [-0.05, 0) is 127 Å². The van der Waals surface area contributed by atoms with Gasteiger partial charge in [0, 0.05) is 14.4 Å².